The second kappa shape index (κ2) is 5.04. The Morgan fingerprint density at radius 2 is 1.76 bits per heavy atom. The van der Waals surface area contributed by atoms with Crippen molar-refractivity contribution in [2.45, 2.75) is 19.8 Å². The summed E-state index contributed by atoms with van der Waals surface area (Å²) < 4.78 is 25.7. The summed E-state index contributed by atoms with van der Waals surface area (Å²) in [6.07, 6.45) is 3.45. The second-order valence-electron chi connectivity index (χ2n) is 3.94. The molecule has 2 rings (SSSR count). The molecule has 0 amide bonds. The first kappa shape index (κ1) is 11.7. The van der Waals surface area contributed by atoms with Crippen LogP contribution in [-0.2, 0) is 6.42 Å². The van der Waals surface area contributed by atoms with Crippen molar-refractivity contribution in [1.29, 1.82) is 0 Å². The maximum Gasteiger partial charge on any atom is 0.248 e. The molecule has 17 heavy (non-hydrogen) atoms. The van der Waals surface area contributed by atoms with Gasteiger partial charge in [-0.1, -0.05) is 37.6 Å². The topological polar surface area (TPSA) is 12.9 Å². The van der Waals surface area contributed by atoms with Crippen molar-refractivity contribution < 1.29 is 8.78 Å². The molecule has 88 valence electrons. The lowest BCUT2D eigenvalue weighted by molar-refractivity contribution is 0.480. The Morgan fingerprint density at radius 3 is 2.35 bits per heavy atom. The maximum absolute atomic E-state index is 13.0. The van der Waals surface area contributed by atoms with Crippen molar-refractivity contribution in [2.75, 3.05) is 0 Å². The molecule has 0 saturated carbocycles. The van der Waals surface area contributed by atoms with Gasteiger partial charge in [0.15, 0.2) is 5.82 Å². The van der Waals surface area contributed by atoms with Crippen LogP contribution in [0.1, 0.15) is 18.9 Å². The van der Waals surface area contributed by atoms with E-state index >= 15 is 0 Å². The number of pyridine rings is 1. The monoisotopic (exact) mass is 233 g/mol. The largest absolute Gasteiger partial charge is 0.248 e. The molecule has 1 nitrogen and oxygen atoms in total. The van der Waals surface area contributed by atoms with Crippen LogP contribution in [-0.4, -0.2) is 4.98 Å². The first-order valence-electron chi connectivity index (χ1n) is 5.61. The second-order valence-corrected chi connectivity index (χ2v) is 3.94. The SMILES string of the molecule is CCCc1ccc(-c2cnc(F)c(F)c2)cc1. The fourth-order valence-corrected chi connectivity index (χ4v) is 1.73. The Bertz CT molecular complexity index is 506. The highest BCUT2D eigenvalue weighted by atomic mass is 19.2. The predicted molar refractivity (Wildman–Crippen MR) is 63.6 cm³/mol. The van der Waals surface area contributed by atoms with E-state index in [-0.39, 0.29) is 0 Å². The standard InChI is InChI=1S/C14H13F2N/c1-2-3-10-4-6-11(7-5-10)12-8-13(15)14(16)17-9-12/h4-9H,2-3H2,1H3. The van der Waals surface area contributed by atoms with Crippen LogP contribution in [0.5, 0.6) is 0 Å². The van der Waals surface area contributed by atoms with E-state index < -0.39 is 11.8 Å². The Morgan fingerprint density at radius 1 is 1.06 bits per heavy atom. The number of hydrogen-bond donors (Lipinski definition) is 0. The highest BCUT2D eigenvalue weighted by molar-refractivity contribution is 5.62. The lowest BCUT2D eigenvalue weighted by atomic mass is 10.0. The summed E-state index contributed by atoms with van der Waals surface area (Å²) in [5.41, 5.74) is 2.68. The zero-order valence-corrected chi connectivity index (χ0v) is 9.58. The average Bonchev–Trinajstić information content (AvgIpc) is 2.34. The van der Waals surface area contributed by atoms with Crippen molar-refractivity contribution >= 4 is 0 Å². The molecule has 0 fully saturated rings. The van der Waals surface area contributed by atoms with Gasteiger partial charge in [-0.05, 0) is 23.6 Å². The molecule has 0 aliphatic heterocycles. The quantitative estimate of drug-likeness (QED) is 0.731. The summed E-state index contributed by atoms with van der Waals surface area (Å²) in [4.78, 5) is 3.37. The van der Waals surface area contributed by atoms with Crippen LogP contribution in [0, 0.1) is 11.8 Å². The molecule has 0 unspecified atom stereocenters. The molecule has 3 heteroatoms. The number of benzene rings is 1. The minimum atomic E-state index is -1.06. The summed E-state index contributed by atoms with van der Waals surface area (Å²) in [7, 11) is 0. The van der Waals surface area contributed by atoms with Crippen molar-refractivity contribution in [3.05, 3.63) is 53.9 Å². The number of aryl methyl sites for hydroxylation is 1. The Labute approximate surface area is 99.1 Å². The van der Waals surface area contributed by atoms with Gasteiger partial charge in [0.25, 0.3) is 0 Å². The third-order valence-electron chi connectivity index (χ3n) is 2.62. The molecular weight excluding hydrogens is 220 g/mol. The summed E-state index contributed by atoms with van der Waals surface area (Å²) in [5, 5.41) is 0. The van der Waals surface area contributed by atoms with Gasteiger partial charge in [0, 0.05) is 11.8 Å². The lowest BCUT2D eigenvalue weighted by Crippen LogP contribution is -1.90. The number of rotatable bonds is 3. The van der Waals surface area contributed by atoms with E-state index in [1.54, 1.807) is 0 Å². The number of aromatic nitrogens is 1. The van der Waals surface area contributed by atoms with E-state index in [1.807, 2.05) is 24.3 Å². The van der Waals surface area contributed by atoms with Crippen LogP contribution in [0.4, 0.5) is 8.78 Å². The van der Waals surface area contributed by atoms with Crippen LogP contribution in [0.15, 0.2) is 36.5 Å². The molecule has 0 bridgehead atoms. The van der Waals surface area contributed by atoms with Crippen LogP contribution in [0.2, 0.25) is 0 Å². The third-order valence-corrected chi connectivity index (χ3v) is 2.62. The number of nitrogens with zero attached hydrogens (tertiary/aromatic N) is 1. The molecule has 1 aromatic carbocycles. The third kappa shape index (κ3) is 2.67. The zero-order valence-electron chi connectivity index (χ0n) is 9.58. The van der Waals surface area contributed by atoms with E-state index in [0.29, 0.717) is 5.56 Å². The van der Waals surface area contributed by atoms with Crippen LogP contribution in [0.25, 0.3) is 11.1 Å². The molecular formula is C14H13F2N. The normalized spacial score (nSPS) is 10.5. The molecule has 2 aromatic rings. The molecule has 0 radical (unpaired) electrons. The van der Waals surface area contributed by atoms with Gasteiger partial charge in [-0.25, -0.2) is 9.37 Å². The average molecular weight is 233 g/mol. The summed E-state index contributed by atoms with van der Waals surface area (Å²) in [6, 6.07) is 8.97. The molecule has 0 atom stereocenters. The van der Waals surface area contributed by atoms with Crippen LogP contribution < -0.4 is 0 Å². The highest BCUT2D eigenvalue weighted by Crippen LogP contribution is 2.20. The van der Waals surface area contributed by atoms with Crippen molar-refractivity contribution in [3.63, 3.8) is 0 Å². The smallest absolute Gasteiger partial charge is 0.225 e. The van der Waals surface area contributed by atoms with E-state index in [0.717, 1.165) is 24.5 Å². The van der Waals surface area contributed by atoms with Gasteiger partial charge in [0.1, 0.15) is 0 Å². The van der Waals surface area contributed by atoms with E-state index in [2.05, 4.69) is 11.9 Å². The summed E-state index contributed by atoms with van der Waals surface area (Å²) in [6.45, 7) is 2.12. The van der Waals surface area contributed by atoms with Crippen molar-refractivity contribution in [3.8, 4) is 11.1 Å². The molecule has 0 N–H and O–H groups in total. The molecule has 0 saturated heterocycles. The zero-order chi connectivity index (χ0) is 12.3. The van der Waals surface area contributed by atoms with Crippen molar-refractivity contribution in [2.24, 2.45) is 0 Å². The molecule has 1 heterocycles. The molecule has 0 spiro atoms. The predicted octanol–water partition coefficient (Wildman–Crippen LogP) is 3.98. The number of halogens is 2. The highest BCUT2D eigenvalue weighted by Gasteiger charge is 2.05. The van der Waals surface area contributed by atoms with Gasteiger partial charge in [-0.15, -0.1) is 0 Å². The lowest BCUT2D eigenvalue weighted by Gasteiger charge is -2.03. The van der Waals surface area contributed by atoms with Gasteiger partial charge in [0.05, 0.1) is 0 Å². The van der Waals surface area contributed by atoms with Crippen LogP contribution >= 0.6 is 0 Å². The Hall–Kier alpha value is -1.77. The number of hydrogen-bond acceptors (Lipinski definition) is 1. The van der Waals surface area contributed by atoms with Gasteiger partial charge in [0.2, 0.25) is 5.95 Å². The van der Waals surface area contributed by atoms with E-state index in [4.69, 9.17) is 0 Å². The Balaban J connectivity index is 2.30. The van der Waals surface area contributed by atoms with Gasteiger partial charge in [-0.2, -0.15) is 4.39 Å². The molecule has 0 aliphatic carbocycles. The Kier molecular flexibility index (Phi) is 3.47. The van der Waals surface area contributed by atoms with Gasteiger partial charge >= 0.3 is 0 Å². The summed E-state index contributed by atoms with van der Waals surface area (Å²) in [5.74, 6) is -1.98. The summed E-state index contributed by atoms with van der Waals surface area (Å²) >= 11 is 0. The van der Waals surface area contributed by atoms with Crippen LogP contribution in [0.3, 0.4) is 0 Å². The van der Waals surface area contributed by atoms with Gasteiger partial charge in [-0.3, -0.25) is 0 Å². The first-order valence-corrected chi connectivity index (χ1v) is 5.61. The maximum atomic E-state index is 13.0. The van der Waals surface area contributed by atoms with E-state index in [9.17, 15) is 8.78 Å². The minimum absolute atomic E-state index is 0.590. The van der Waals surface area contributed by atoms with Gasteiger partial charge < -0.3 is 0 Å². The first-order chi connectivity index (χ1) is 8.20. The fraction of sp³-hybridized carbons (Fsp3) is 0.214. The fourth-order valence-electron chi connectivity index (χ4n) is 1.73. The minimum Gasteiger partial charge on any atom is -0.225 e. The van der Waals surface area contributed by atoms with Crippen molar-refractivity contribution in [1.82, 2.24) is 4.98 Å². The molecule has 1 aromatic heterocycles. The van der Waals surface area contributed by atoms with E-state index in [1.165, 1.54) is 11.8 Å². The molecule has 0 aliphatic rings.